The molecule has 0 saturated carbocycles. The fourth-order valence-electron chi connectivity index (χ4n) is 0.598. The molecule has 5 heteroatoms. The van der Waals surface area contributed by atoms with Crippen molar-refractivity contribution in [3.8, 4) is 0 Å². The molecule has 0 spiro atoms. The average Bonchev–Trinajstić information content (AvgIpc) is 2.13. The predicted molar refractivity (Wildman–Crippen MR) is 53.0 cm³/mol. The number of rotatable bonds is 5. The molecule has 3 atom stereocenters. The van der Waals surface area contributed by atoms with Crippen LogP contribution in [0, 0.1) is 0 Å². The lowest BCUT2D eigenvalue weighted by atomic mass is 10.2. The van der Waals surface area contributed by atoms with Crippen LogP contribution in [0.3, 0.4) is 0 Å². The zero-order chi connectivity index (χ0) is 11.1. The Labute approximate surface area is 84.3 Å². The standard InChI is InChI=1S/C9H19NO4/c1-6(5-11)13-14-9(4)10-7(2)8(3)12/h6-8,11-12H,5H2,1-4H3. The van der Waals surface area contributed by atoms with Crippen LogP contribution in [0.1, 0.15) is 27.7 Å². The van der Waals surface area contributed by atoms with Gasteiger partial charge in [0.05, 0.1) is 18.8 Å². The molecule has 0 radical (unpaired) electrons. The van der Waals surface area contributed by atoms with Crippen LogP contribution in [0.4, 0.5) is 0 Å². The van der Waals surface area contributed by atoms with Crippen LogP contribution in [0.25, 0.3) is 0 Å². The van der Waals surface area contributed by atoms with E-state index in [0.717, 1.165) is 0 Å². The van der Waals surface area contributed by atoms with E-state index in [4.69, 9.17) is 20.0 Å². The minimum absolute atomic E-state index is 0.112. The van der Waals surface area contributed by atoms with Crippen LogP contribution in [0.2, 0.25) is 0 Å². The summed E-state index contributed by atoms with van der Waals surface area (Å²) in [4.78, 5) is 13.6. The molecule has 0 rings (SSSR count). The molecule has 84 valence electrons. The number of hydrogen-bond donors (Lipinski definition) is 2. The Hall–Kier alpha value is -0.650. The van der Waals surface area contributed by atoms with Gasteiger partial charge < -0.3 is 15.1 Å². The molecule has 0 aromatic carbocycles. The van der Waals surface area contributed by atoms with Gasteiger partial charge in [0.15, 0.2) is 0 Å². The molecule has 0 aromatic rings. The molecule has 0 bridgehead atoms. The minimum Gasteiger partial charge on any atom is -0.394 e. The second-order valence-corrected chi connectivity index (χ2v) is 3.30. The first-order valence-corrected chi connectivity index (χ1v) is 4.64. The quantitative estimate of drug-likeness (QED) is 0.297. The monoisotopic (exact) mass is 205 g/mol. The van der Waals surface area contributed by atoms with Crippen LogP contribution in [0.15, 0.2) is 4.99 Å². The van der Waals surface area contributed by atoms with E-state index in [0.29, 0.717) is 5.90 Å². The van der Waals surface area contributed by atoms with Gasteiger partial charge >= 0.3 is 0 Å². The molecule has 2 N–H and O–H groups in total. The van der Waals surface area contributed by atoms with Gasteiger partial charge in [-0.1, -0.05) is 0 Å². The van der Waals surface area contributed by atoms with Crippen LogP contribution in [-0.4, -0.2) is 41.0 Å². The molecule has 0 aliphatic heterocycles. The first-order valence-electron chi connectivity index (χ1n) is 4.64. The molecule has 0 amide bonds. The van der Waals surface area contributed by atoms with Gasteiger partial charge in [-0.2, -0.15) is 4.89 Å². The summed E-state index contributed by atoms with van der Waals surface area (Å²) >= 11 is 0. The highest BCUT2D eigenvalue weighted by Gasteiger charge is 2.08. The van der Waals surface area contributed by atoms with Gasteiger partial charge in [-0.15, -0.1) is 0 Å². The van der Waals surface area contributed by atoms with Gasteiger partial charge in [0.2, 0.25) is 5.90 Å². The summed E-state index contributed by atoms with van der Waals surface area (Å²) in [7, 11) is 0. The van der Waals surface area contributed by atoms with Crippen molar-refractivity contribution in [2.45, 2.75) is 45.9 Å². The smallest absolute Gasteiger partial charge is 0.224 e. The summed E-state index contributed by atoms with van der Waals surface area (Å²) in [5.74, 6) is 0.332. The van der Waals surface area contributed by atoms with Gasteiger partial charge in [-0.05, 0) is 20.8 Å². The lowest BCUT2D eigenvalue weighted by Crippen LogP contribution is -2.20. The van der Waals surface area contributed by atoms with Crippen LogP contribution in [-0.2, 0) is 9.78 Å². The maximum Gasteiger partial charge on any atom is 0.224 e. The summed E-state index contributed by atoms with van der Waals surface area (Å²) in [5.41, 5.74) is 0. The fourth-order valence-corrected chi connectivity index (χ4v) is 0.598. The lowest BCUT2D eigenvalue weighted by molar-refractivity contribution is -0.261. The number of hydrogen-bond acceptors (Lipinski definition) is 5. The number of aliphatic hydroxyl groups excluding tert-OH is 2. The van der Waals surface area contributed by atoms with Crippen molar-refractivity contribution >= 4 is 5.90 Å². The maximum atomic E-state index is 9.15. The van der Waals surface area contributed by atoms with Crippen LogP contribution < -0.4 is 0 Å². The first-order chi connectivity index (χ1) is 6.47. The Morgan fingerprint density at radius 2 is 1.93 bits per heavy atom. The number of aliphatic imine (C=N–C) groups is 1. The minimum atomic E-state index is -0.524. The molecular weight excluding hydrogens is 186 g/mol. The van der Waals surface area contributed by atoms with Gasteiger partial charge in [0, 0.05) is 6.92 Å². The molecule has 0 fully saturated rings. The Bertz CT molecular complexity index is 182. The van der Waals surface area contributed by atoms with Crippen molar-refractivity contribution in [1.82, 2.24) is 0 Å². The highest BCUT2D eigenvalue weighted by Crippen LogP contribution is 1.99. The Balaban J connectivity index is 3.88. The Morgan fingerprint density at radius 3 is 2.36 bits per heavy atom. The first kappa shape index (κ1) is 13.4. The van der Waals surface area contributed by atoms with E-state index in [9.17, 15) is 0 Å². The summed E-state index contributed by atoms with van der Waals surface area (Å²) in [6.07, 6.45) is -0.911. The third-order valence-corrected chi connectivity index (χ3v) is 1.67. The second-order valence-electron chi connectivity index (χ2n) is 3.30. The molecule has 14 heavy (non-hydrogen) atoms. The predicted octanol–water partition coefficient (Wildman–Crippen LogP) is 0.503. The molecule has 3 unspecified atom stereocenters. The zero-order valence-electron chi connectivity index (χ0n) is 9.10. The summed E-state index contributed by atoms with van der Waals surface area (Å²) < 4.78 is 0. The van der Waals surface area contributed by atoms with E-state index in [1.54, 1.807) is 27.7 Å². The molecule has 0 saturated heterocycles. The Morgan fingerprint density at radius 1 is 1.36 bits per heavy atom. The normalized spacial score (nSPS) is 18.9. The fraction of sp³-hybridized carbons (Fsp3) is 0.889. The zero-order valence-corrected chi connectivity index (χ0v) is 9.10. The lowest BCUT2D eigenvalue weighted by Gasteiger charge is -2.12. The molecule has 0 heterocycles. The topological polar surface area (TPSA) is 71.3 Å². The van der Waals surface area contributed by atoms with Crippen molar-refractivity contribution in [1.29, 1.82) is 0 Å². The van der Waals surface area contributed by atoms with Crippen molar-refractivity contribution in [2.75, 3.05) is 6.61 Å². The van der Waals surface area contributed by atoms with Crippen LogP contribution in [0.5, 0.6) is 0 Å². The molecule has 0 aromatic heterocycles. The third-order valence-electron chi connectivity index (χ3n) is 1.67. The summed E-state index contributed by atoms with van der Waals surface area (Å²) in [5, 5.41) is 17.8. The highest BCUT2D eigenvalue weighted by molar-refractivity contribution is 5.72. The van der Waals surface area contributed by atoms with Crippen molar-refractivity contribution in [3.05, 3.63) is 0 Å². The largest absolute Gasteiger partial charge is 0.394 e. The van der Waals surface area contributed by atoms with Crippen molar-refractivity contribution < 1.29 is 20.0 Å². The molecule has 0 aliphatic rings. The van der Waals surface area contributed by atoms with Crippen LogP contribution >= 0.6 is 0 Å². The van der Waals surface area contributed by atoms with E-state index in [1.165, 1.54) is 0 Å². The van der Waals surface area contributed by atoms with Gasteiger partial charge in [0.25, 0.3) is 0 Å². The number of nitrogens with zero attached hydrogens (tertiary/aromatic N) is 1. The molecule has 5 nitrogen and oxygen atoms in total. The summed E-state index contributed by atoms with van der Waals surface area (Å²) in [6.45, 7) is 6.61. The van der Waals surface area contributed by atoms with E-state index in [2.05, 4.69) is 4.99 Å². The van der Waals surface area contributed by atoms with E-state index in [-0.39, 0.29) is 18.8 Å². The number of aliphatic hydroxyl groups is 2. The van der Waals surface area contributed by atoms with Crippen molar-refractivity contribution in [2.24, 2.45) is 4.99 Å². The highest BCUT2D eigenvalue weighted by atomic mass is 17.2. The summed E-state index contributed by atoms with van der Waals surface area (Å²) in [6, 6.07) is -0.233. The van der Waals surface area contributed by atoms with E-state index >= 15 is 0 Å². The van der Waals surface area contributed by atoms with E-state index < -0.39 is 6.10 Å². The second kappa shape index (κ2) is 6.75. The van der Waals surface area contributed by atoms with Gasteiger partial charge in [-0.25, -0.2) is 4.99 Å². The third kappa shape index (κ3) is 5.90. The van der Waals surface area contributed by atoms with Gasteiger partial charge in [-0.3, -0.25) is 0 Å². The maximum absolute atomic E-state index is 9.15. The SMILES string of the molecule is CC(=NC(C)C(C)O)OOC(C)CO. The van der Waals surface area contributed by atoms with E-state index in [1.807, 2.05) is 0 Å². The van der Waals surface area contributed by atoms with Gasteiger partial charge in [0.1, 0.15) is 6.10 Å². The molecule has 0 aliphatic carbocycles. The average molecular weight is 205 g/mol. The van der Waals surface area contributed by atoms with Crippen molar-refractivity contribution in [3.63, 3.8) is 0 Å². The molecular formula is C9H19NO4. The Kier molecular flexibility index (Phi) is 6.44.